The molecule has 118 valence electrons. The number of hydrogen-bond donors (Lipinski definition) is 1. The Hall–Kier alpha value is -1.26. The largest absolute Gasteiger partial charge is 0.497 e. The molecule has 1 aromatic rings. The minimum Gasteiger partial charge on any atom is -0.497 e. The minimum atomic E-state index is -0.196. The quantitative estimate of drug-likeness (QED) is 0.838. The van der Waals surface area contributed by atoms with Gasteiger partial charge in [0, 0.05) is 12.2 Å². The molecule has 0 spiro atoms. The second-order valence-electron chi connectivity index (χ2n) is 5.76. The van der Waals surface area contributed by atoms with E-state index in [4.69, 9.17) is 19.9 Å². The zero-order chi connectivity index (χ0) is 15.1. The van der Waals surface area contributed by atoms with E-state index in [-0.39, 0.29) is 6.04 Å². The van der Waals surface area contributed by atoms with Gasteiger partial charge in [0.25, 0.3) is 0 Å². The number of hydrogen-bond acceptors (Lipinski definition) is 4. The van der Waals surface area contributed by atoms with Crippen molar-refractivity contribution in [1.82, 2.24) is 0 Å². The topological polar surface area (TPSA) is 53.7 Å². The zero-order valence-corrected chi connectivity index (χ0v) is 13.1. The molecule has 0 amide bonds. The van der Waals surface area contributed by atoms with Gasteiger partial charge in [0.05, 0.1) is 26.9 Å². The smallest absolute Gasteiger partial charge is 0.123 e. The van der Waals surface area contributed by atoms with Crippen molar-refractivity contribution in [3.05, 3.63) is 23.8 Å². The van der Waals surface area contributed by atoms with Gasteiger partial charge in [-0.25, -0.2) is 0 Å². The van der Waals surface area contributed by atoms with Gasteiger partial charge in [-0.15, -0.1) is 0 Å². The Bertz CT molecular complexity index is 430. The molecule has 4 nitrogen and oxygen atoms in total. The van der Waals surface area contributed by atoms with Crippen molar-refractivity contribution in [1.29, 1.82) is 0 Å². The van der Waals surface area contributed by atoms with Gasteiger partial charge in [0.1, 0.15) is 11.5 Å². The van der Waals surface area contributed by atoms with Crippen LogP contribution in [0.25, 0.3) is 0 Å². The first-order chi connectivity index (χ1) is 10.2. The van der Waals surface area contributed by atoms with E-state index in [9.17, 15) is 0 Å². The second kappa shape index (κ2) is 8.25. The molecule has 0 aromatic heterocycles. The first kappa shape index (κ1) is 16.1. The van der Waals surface area contributed by atoms with Crippen molar-refractivity contribution >= 4 is 0 Å². The molecule has 2 rings (SSSR count). The normalized spacial score (nSPS) is 17.5. The van der Waals surface area contributed by atoms with Crippen LogP contribution in [0.15, 0.2) is 18.2 Å². The van der Waals surface area contributed by atoms with Crippen LogP contribution in [0.4, 0.5) is 0 Å². The molecule has 0 radical (unpaired) electrons. The van der Waals surface area contributed by atoms with Gasteiger partial charge in [0.2, 0.25) is 0 Å². The predicted octanol–water partition coefficient (Wildman–Crippen LogP) is 3.30. The highest BCUT2D eigenvalue weighted by Crippen LogP contribution is 2.29. The molecule has 1 unspecified atom stereocenters. The summed E-state index contributed by atoms with van der Waals surface area (Å²) in [5.41, 5.74) is 7.18. The van der Waals surface area contributed by atoms with Gasteiger partial charge >= 0.3 is 0 Å². The van der Waals surface area contributed by atoms with Gasteiger partial charge < -0.3 is 19.9 Å². The number of nitrogens with two attached hydrogens (primary N) is 1. The molecule has 1 atom stereocenters. The summed E-state index contributed by atoms with van der Waals surface area (Å²) in [6.07, 6.45) is 6.63. The minimum absolute atomic E-state index is 0.196. The summed E-state index contributed by atoms with van der Waals surface area (Å²) in [7, 11) is 3.30. The highest BCUT2D eigenvalue weighted by molar-refractivity contribution is 5.42. The predicted molar refractivity (Wildman–Crippen MR) is 83.9 cm³/mol. The zero-order valence-electron chi connectivity index (χ0n) is 13.1. The average Bonchev–Trinajstić information content (AvgIpc) is 2.55. The Kier molecular flexibility index (Phi) is 6.33. The summed E-state index contributed by atoms with van der Waals surface area (Å²) in [5.74, 6) is 2.27. The number of methoxy groups -OCH3 is 2. The van der Waals surface area contributed by atoms with Gasteiger partial charge in [-0.3, -0.25) is 0 Å². The third-order valence-corrected chi connectivity index (χ3v) is 4.21. The van der Waals surface area contributed by atoms with Crippen LogP contribution >= 0.6 is 0 Å². The van der Waals surface area contributed by atoms with Gasteiger partial charge in [-0.2, -0.15) is 0 Å². The first-order valence-corrected chi connectivity index (χ1v) is 7.80. The van der Waals surface area contributed by atoms with Crippen molar-refractivity contribution in [3.63, 3.8) is 0 Å². The lowest BCUT2D eigenvalue weighted by Crippen LogP contribution is -2.21. The van der Waals surface area contributed by atoms with Crippen LogP contribution in [-0.4, -0.2) is 27.4 Å². The van der Waals surface area contributed by atoms with Gasteiger partial charge in [0.15, 0.2) is 0 Å². The standard InChI is InChI=1S/C17H27NO3/c1-19-14-8-9-17(20-2)15(10-14)16(18)12-21-11-13-6-4-3-5-7-13/h8-10,13,16H,3-7,11-12,18H2,1-2H3. The Labute approximate surface area is 127 Å². The molecule has 1 saturated carbocycles. The van der Waals surface area contributed by atoms with E-state index in [0.29, 0.717) is 12.5 Å². The maximum atomic E-state index is 6.25. The molecule has 1 fully saturated rings. The van der Waals surface area contributed by atoms with Crippen LogP contribution in [0.3, 0.4) is 0 Å². The SMILES string of the molecule is COc1ccc(OC)c(C(N)COCC2CCCCC2)c1. The number of ether oxygens (including phenoxy) is 3. The molecule has 4 heteroatoms. The van der Waals surface area contributed by atoms with Gasteiger partial charge in [-0.05, 0) is 37.0 Å². The first-order valence-electron chi connectivity index (χ1n) is 7.80. The van der Waals surface area contributed by atoms with Crippen molar-refractivity contribution in [2.45, 2.75) is 38.1 Å². The molecule has 2 N–H and O–H groups in total. The summed E-state index contributed by atoms with van der Waals surface area (Å²) >= 11 is 0. The van der Waals surface area contributed by atoms with Crippen LogP contribution in [0, 0.1) is 5.92 Å². The molecule has 21 heavy (non-hydrogen) atoms. The van der Waals surface area contributed by atoms with Crippen LogP contribution < -0.4 is 15.2 Å². The van der Waals surface area contributed by atoms with Crippen LogP contribution in [0.5, 0.6) is 11.5 Å². The van der Waals surface area contributed by atoms with E-state index in [1.807, 2.05) is 18.2 Å². The number of rotatable bonds is 7. The lowest BCUT2D eigenvalue weighted by molar-refractivity contribution is 0.0755. The average molecular weight is 293 g/mol. The van der Waals surface area contributed by atoms with E-state index in [1.165, 1.54) is 32.1 Å². The van der Waals surface area contributed by atoms with Crippen molar-refractivity contribution in [2.24, 2.45) is 11.7 Å². The summed E-state index contributed by atoms with van der Waals surface area (Å²) in [6, 6.07) is 5.49. The number of benzene rings is 1. The molecule has 0 heterocycles. The molecule has 0 saturated heterocycles. The fourth-order valence-corrected chi connectivity index (χ4v) is 2.93. The Balaban J connectivity index is 1.88. The third kappa shape index (κ3) is 4.61. The molecule has 1 aliphatic rings. The van der Waals surface area contributed by atoms with E-state index in [2.05, 4.69) is 0 Å². The van der Waals surface area contributed by atoms with E-state index in [1.54, 1.807) is 14.2 Å². The molecular formula is C17H27NO3. The second-order valence-corrected chi connectivity index (χ2v) is 5.76. The van der Waals surface area contributed by atoms with E-state index in [0.717, 1.165) is 23.7 Å². The third-order valence-electron chi connectivity index (χ3n) is 4.21. The van der Waals surface area contributed by atoms with Crippen LogP contribution in [0.1, 0.15) is 43.7 Å². The van der Waals surface area contributed by atoms with Crippen molar-refractivity contribution in [2.75, 3.05) is 27.4 Å². The maximum Gasteiger partial charge on any atom is 0.123 e. The molecule has 0 aliphatic heterocycles. The molecule has 1 aromatic carbocycles. The molecular weight excluding hydrogens is 266 g/mol. The van der Waals surface area contributed by atoms with E-state index < -0.39 is 0 Å². The van der Waals surface area contributed by atoms with Crippen LogP contribution in [-0.2, 0) is 4.74 Å². The fraction of sp³-hybridized carbons (Fsp3) is 0.647. The Morgan fingerprint density at radius 2 is 1.90 bits per heavy atom. The monoisotopic (exact) mass is 293 g/mol. The van der Waals surface area contributed by atoms with Crippen molar-refractivity contribution in [3.8, 4) is 11.5 Å². The fourth-order valence-electron chi connectivity index (χ4n) is 2.93. The maximum absolute atomic E-state index is 6.25. The van der Waals surface area contributed by atoms with Gasteiger partial charge in [-0.1, -0.05) is 19.3 Å². The Morgan fingerprint density at radius 3 is 2.57 bits per heavy atom. The summed E-state index contributed by atoms with van der Waals surface area (Å²) in [6.45, 7) is 1.33. The lowest BCUT2D eigenvalue weighted by Gasteiger charge is -2.23. The highest BCUT2D eigenvalue weighted by atomic mass is 16.5. The molecule has 0 bridgehead atoms. The highest BCUT2D eigenvalue weighted by Gasteiger charge is 2.16. The summed E-state index contributed by atoms with van der Waals surface area (Å²) < 4.78 is 16.5. The lowest BCUT2D eigenvalue weighted by atomic mass is 9.90. The summed E-state index contributed by atoms with van der Waals surface area (Å²) in [5, 5.41) is 0. The Morgan fingerprint density at radius 1 is 1.14 bits per heavy atom. The van der Waals surface area contributed by atoms with Crippen molar-refractivity contribution < 1.29 is 14.2 Å². The molecule has 1 aliphatic carbocycles. The van der Waals surface area contributed by atoms with E-state index >= 15 is 0 Å². The summed E-state index contributed by atoms with van der Waals surface area (Å²) in [4.78, 5) is 0. The van der Waals surface area contributed by atoms with Crippen LogP contribution in [0.2, 0.25) is 0 Å².